The number of aryl methyl sites for hydroxylation is 1. The molecule has 0 saturated carbocycles. The molecule has 2 aromatic heterocycles. The van der Waals surface area contributed by atoms with Gasteiger partial charge >= 0.3 is 0 Å². The molecule has 1 aliphatic rings. The summed E-state index contributed by atoms with van der Waals surface area (Å²) < 4.78 is 1.24. The monoisotopic (exact) mass is 325 g/mol. The Morgan fingerprint density at radius 1 is 1.50 bits per heavy atom. The second-order valence-corrected chi connectivity index (χ2v) is 6.54. The van der Waals surface area contributed by atoms with E-state index in [-0.39, 0.29) is 0 Å². The quantitative estimate of drug-likeness (QED) is 0.807. The first-order chi connectivity index (χ1) is 8.79. The Morgan fingerprint density at radius 2 is 2.39 bits per heavy atom. The molecule has 18 heavy (non-hydrogen) atoms. The van der Waals surface area contributed by atoms with Gasteiger partial charge in [-0.05, 0) is 36.6 Å². The van der Waals surface area contributed by atoms with E-state index in [1.54, 1.807) is 17.7 Å². The van der Waals surface area contributed by atoms with Crippen LogP contribution < -0.4 is 4.90 Å². The van der Waals surface area contributed by atoms with E-state index in [2.05, 4.69) is 43.1 Å². The third-order valence-corrected chi connectivity index (χ3v) is 5.16. The fraction of sp³-hybridized carbons (Fsp3) is 0.538. The zero-order valence-electron chi connectivity index (χ0n) is 10.4. The minimum absolute atomic E-state index is 0.801. The zero-order valence-corrected chi connectivity index (χ0v) is 12.8. The minimum Gasteiger partial charge on any atom is -0.355 e. The van der Waals surface area contributed by atoms with Gasteiger partial charge < -0.3 is 4.90 Å². The molecule has 0 N–H and O–H groups in total. The highest BCUT2D eigenvalue weighted by molar-refractivity contribution is 9.09. The van der Waals surface area contributed by atoms with E-state index in [1.165, 1.54) is 23.1 Å². The second kappa shape index (κ2) is 5.13. The Balaban J connectivity index is 1.91. The number of aromatic nitrogens is 2. The van der Waals surface area contributed by atoms with Crippen molar-refractivity contribution in [2.75, 3.05) is 23.3 Å². The summed E-state index contributed by atoms with van der Waals surface area (Å²) in [4.78, 5) is 11.3. The molecule has 3 nitrogen and oxygen atoms in total. The summed E-state index contributed by atoms with van der Waals surface area (Å²) >= 11 is 5.30. The highest BCUT2D eigenvalue weighted by atomic mass is 79.9. The molecular formula is C13H16BrN3S. The molecule has 0 aliphatic carbocycles. The highest BCUT2D eigenvalue weighted by Gasteiger charge is 2.24. The molecule has 0 amide bonds. The third kappa shape index (κ3) is 2.14. The van der Waals surface area contributed by atoms with Crippen molar-refractivity contribution in [1.29, 1.82) is 0 Å². The average Bonchev–Trinajstić information content (AvgIpc) is 2.98. The Labute approximate surface area is 119 Å². The van der Waals surface area contributed by atoms with Crippen LogP contribution in [0.25, 0.3) is 10.2 Å². The number of alkyl halides is 1. The van der Waals surface area contributed by atoms with Crippen LogP contribution in [0.4, 0.5) is 5.82 Å². The average molecular weight is 326 g/mol. The lowest BCUT2D eigenvalue weighted by Crippen LogP contribution is -2.21. The molecule has 0 bridgehead atoms. The maximum Gasteiger partial charge on any atom is 0.150 e. The smallest absolute Gasteiger partial charge is 0.150 e. The molecule has 1 saturated heterocycles. The molecule has 3 heterocycles. The summed E-state index contributed by atoms with van der Waals surface area (Å²) in [5.41, 5.74) is 2.38. The second-order valence-electron chi connectivity index (χ2n) is 4.87. The number of hydrogen-bond acceptors (Lipinski definition) is 4. The van der Waals surface area contributed by atoms with Crippen molar-refractivity contribution < 1.29 is 0 Å². The zero-order chi connectivity index (χ0) is 12.5. The normalized spacial score (nSPS) is 19.9. The summed E-state index contributed by atoms with van der Waals surface area (Å²) in [6, 6.07) is 0. The van der Waals surface area contributed by atoms with Crippen LogP contribution in [0.3, 0.4) is 0 Å². The maximum atomic E-state index is 4.51. The van der Waals surface area contributed by atoms with Crippen molar-refractivity contribution in [1.82, 2.24) is 9.97 Å². The first-order valence-corrected chi connectivity index (χ1v) is 8.29. The van der Waals surface area contributed by atoms with Crippen molar-refractivity contribution in [3.8, 4) is 0 Å². The van der Waals surface area contributed by atoms with Crippen molar-refractivity contribution >= 4 is 43.3 Å². The van der Waals surface area contributed by atoms with Crippen LogP contribution in [0.15, 0.2) is 11.7 Å². The predicted octanol–water partition coefficient (Wildman–Crippen LogP) is 3.61. The standard InChI is InChI=1S/C13H16BrN3S/c1-9-7-18-12-11(9)15-8-16-13(12)17-5-3-10(6-17)2-4-14/h7-8,10H,2-6H2,1H3. The fourth-order valence-electron chi connectivity index (χ4n) is 2.60. The molecule has 0 spiro atoms. The summed E-state index contributed by atoms with van der Waals surface area (Å²) in [7, 11) is 0. The van der Waals surface area contributed by atoms with Crippen LogP contribution in [-0.2, 0) is 0 Å². The third-order valence-electron chi connectivity index (χ3n) is 3.61. The molecule has 3 rings (SSSR count). The van der Waals surface area contributed by atoms with Crippen molar-refractivity contribution in [2.45, 2.75) is 19.8 Å². The van der Waals surface area contributed by atoms with Gasteiger partial charge in [-0.1, -0.05) is 15.9 Å². The SMILES string of the molecule is Cc1csc2c(N3CCC(CCBr)C3)ncnc12. The summed E-state index contributed by atoms with van der Waals surface area (Å²) in [6.45, 7) is 4.38. The van der Waals surface area contributed by atoms with Crippen molar-refractivity contribution in [3.05, 3.63) is 17.3 Å². The van der Waals surface area contributed by atoms with Gasteiger partial charge in [0, 0.05) is 18.4 Å². The number of fused-ring (bicyclic) bond motifs is 1. The maximum absolute atomic E-state index is 4.51. The first-order valence-electron chi connectivity index (χ1n) is 6.29. The molecule has 0 radical (unpaired) electrons. The number of nitrogens with zero attached hydrogens (tertiary/aromatic N) is 3. The Hall–Kier alpha value is -0.680. The van der Waals surface area contributed by atoms with Gasteiger partial charge in [-0.3, -0.25) is 0 Å². The van der Waals surface area contributed by atoms with E-state index in [1.807, 2.05) is 0 Å². The number of anilines is 1. The summed E-state index contributed by atoms with van der Waals surface area (Å²) in [6.07, 6.45) is 4.24. The molecule has 1 fully saturated rings. The van der Waals surface area contributed by atoms with E-state index in [9.17, 15) is 0 Å². The Bertz CT molecular complexity index is 554. The predicted molar refractivity (Wildman–Crippen MR) is 80.9 cm³/mol. The van der Waals surface area contributed by atoms with Gasteiger partial charge in [0.2, 0.25) is 0 Å². The molecular weight excluding hydrogens is 310 g/mol. The molecule has 5 heteroatoms. The topological polar surface area (TPSA) is 29.0 Å². The van der Waals surface area contributed by atoms with E-state index in [0.717, 1.165) is 35.7 Å². The summed E-state index contributed by atoms with van der Waals surface area (Å²) in [5, 5.41) is 3.28. The lowest BCUT2D eigenvalue weighted by molar-refractivity contribution is 0.575. The largest absolute Gasteiger partial charge is 0.355 e. The van der Waals surface area contributed by atoms with Gasteiger partial charge in [0.25, 0.3) is 0 Å². The Morgan fingerprint density at radius 3 is 3.22 bits per heavy atom. The van der Waals surface area contributed by atoms with Gasteiger partial charge in [-0.15, -0.1) is 11.3 Å². The molecule has 0 aromatic carbocycles. The van der Waals surface area contributed by atoms with Crippen LogP contribution in [-0.4, -0.2) is 28.4 Å². The highest BCUT2D eigenvalue weighted by Crippen LogP contribution is 2.33. The van der Waals surface area contributed by atoms with Gasteiger partial charge in [-0.25, -0.2) is 9.97 Å². The number of halogens is 1. The van der Waals surface area contributed by atoms with Crippen LogP contribution in [0.2, 0.25) is 0 Å². The van der Waals surface area contributed by atoms with E-state index in [4.69, 9.17) is 0 Å². The Kier molecular flexibility index (Phi) is 3.52. The van der Waals surface area contributed by atoms with Crippen LogP contribution >= 0.6 is 27.3 Å². The first kappa shape index (κ1) is 12.4. The number of rotatable bonds is 3. The van der Waals surface area contributed by atoms with Crippen LogP contribution in [0.1, 0.15) is 18.4 Å². The lowest BCUT2D eigenvalue weighted by Gasteiger charge is -2.17. The number of hydrogen-bond donors (Lipinski definition) is 0. The van der Waals surface area contributed by atoms with Gasteiger partial charge in [-0.2, -0.15) is 0 Å². The fourth-order valence-corrected chi connectivity index (χ4v) is 4.26. The molecule has 1 atom stereocenters. The van der Waals surface area contributed by atoms with Gasteiger partial charge in [0.15, 0.2) is 0 Å². The number of thiophene rings is 1. The van der Waals surface area contributed by atoms with E-state index >= 15 is 0 Å². The van der Waals surface area contributed by atoms with Gasteiger partial charge in [0.1, 0.15) is 12.1 Å². The van der Waals surface area contributed by atoms with E-state index < -0.39 is 0 Å². The minimum atomic E-state index is 0.801. The van der Waals surface area contributed by atoms with Crippen LogP contribution in [0, 0.1) is 12.8 Å². The van der Waals surface area contributed by atoms with Crippen molar-refractivity contribution in [2.24, 2.45) is 5.92 Å². The molecule has 1 aliphatic heterocycles. The van der Waals surface area contributed by atoms with E-state index in [0.29, 0.717) is 0 Å². The van der Waals surface area contributed by atoms with Crippen LogP contribution in [0.5, 0.6) is 0 Å². The summed E-state index contributed by atoms with van der Waals surface area (Å²) in [5.74, 6) is 1.94. The lowest BCUT2D eigenvalue weighted by atomic mass is 10.1. The van der Waals surface area contributed by atoms with Gasteiger partial charge in [0.05, 0.1) is 10.2 Å². The van der Waals surface area contributed by atoms with Crippen molar-refractivity contribution in [3.63, 3.8) is 0 Å². The molecule has 2 aromatic rings. The molecule has 96 valence electrons. The molecule has 1 unspecified atom stereocenters.